The van der Waals surface area contributed by atoms with Gasteiger partial charge in [0.25, 0.3) is 0 Å². The summed E-state index contributed by atoms with van der Waals surface area (Å²) in [6.45, 7) is 5.40. The zero-order chi connectivity index (χ0) is 16.9. The predicted molar refractivity (Wildman–Crippen MR) is 101 cm³/mol. The van der Waals surface area contributed by atoms with Crippen molar-refractivity contribution in [2.24, 2.45) is 0 Å². The van der Waals surface area contributed by atoms with Gasteiger partial charge in [-0.25, -0.2) is 4.98 Å². The van der Waals surface area contributed by atoms with Crippen molar-refractivity contribution in [3.05, 3.63) is 48.0 Å². The van der Waals surface area contributed by atoms with Gasteiger partial charge in [-0.15, -0.1) is 0 Å². The number of ether oxygens (including phenoxy) is 1. The first-order chi connectivity index (χ1) is 11.7. The number of fused-ring (bicyclic) bond motifs is 1. The van der Waals surface area contributed by atoms with Gasteiger partial charge in [-0.3, -0.25) is 0 Å². The molecule has 3 aromatic rings. The van der Waals surface area contributed by atoms with Crippen molar-refractivity contribution in [2.75, 3.05) is 7.11 Å². The second-order valence-electron chi connectivity index (χ2n) is 6.32. The third-order valence-corrected chi connectivity index (χ3v) is 4.58. The highest BCUT2D eigenvalue weighted by molar-refractivity contribution is 5.82. The Hall–Kier alpha value is -2.29. The van der Waals surface area contributed by atoms with Gasteiger partial charge < -0.3 is 9.30 Å². The van der Waals surface area contributed by atoms with E-state index in [0.29, 0.717) is 0 Å². The summed E-state index contributed by atoms with van der Waals surface area (Å²) in [6.07, 6.45) is 5.00. The van der Waals surface area contributed by atoms with Crippen LogP contribution in [-0.4, -0.2) is 16.7 Å². The Bertz CT molecular complexity index is 820. The van der Waals surface area contributed by atoms with Crippen molar-refractivity contribution in [3.8, 4) is 17.1 Å². The first-order valence-electron chi connectivity index (χ1n) is 8.85. The average molecular weight is 322 g/mol. The van der Waals surface area contributed by atoms with Crippen molar-refractivity contribution in [3.63, 3.8) is 0 Å². The van der Waals surface area contributed by atoms with Crippen LogP contribution in [0.25, 0.3) is 22.4 Å². The molecule has 0 saturated heterocycles. The number of unbranched alkanes of at least 4 members (excludes halogenated alkanes) is 3. The molecule has 0 unspecified atom stereocenters. The number of methoxy groups -OCH3 is 1. The molecule has 3 rings (SSSR count). The van der Waals surface area contributed by atoms with Crippen LogP contribution in [0.4, 0.5) is 0 Å². The van der Waals surface area contributed by atoms with Crippen LogP contribution in [0, 0.1) is 6.92 Å². The van der Waals surface area contributed by atoms with Crippen LogP contribution < -0.4 is 4.74 Å². The summed E-state index contributed by atoms with van der Waals surface area (Å²) < 4.78 is 7.73. The molecular weight excluding hydrogens is 296 g/mol. The van der Waals surface area contributed by atoms with Crippen LogP contribution in [-0.2, 0) is 6.54 Å². The van der Waals surface area contributed by atoms with Gasteiger partial charge in [0, 0.05) is 18.2 Å². The van der Waals surface area contributed by atoms with Crippen LogP contribution in [0.1, 0.15) is 38.2 Å². The Morgan fingerprint density at radius 2 is 1.88 bits per heavy atom. The third kappa shape index (κ3) is 3.30. The van der Waals surface area contributed by atoms with Gasteiger partial charge in [-0.1, -0.05) is 50.5 Å². The minimum Gasteiger partial charge on any atom is -0.497 e. The molecule has 24 heavy (non-hydrogen) atoms. The molecule has 0 amide bonds. The molecule has 126 valence electrons. The molecule has 0 saturated carbocycles. The number of rotatable bonds is 7. The predicted octanol–water partition coefficient (Wildman–Crippen LogP) is 5.60. The van der Waals surface area contributed by atoms with E-state index in [9.17, 15) is 0 Å². The highest BCUT2D eigenvalue weighted by Gasteiger charge is 2.14. The van der Waals surface area contributed by atoms with E-state index in [4.69, 9.17) is 9.72 Å². The number of hydrogen-bond donors (Lipinski definition) is 0. The number of nitrogens with zero attached hydrogens (tertiary/aromatic N) is 2. The summed E-state index contributed by atoms with van der Waals surface area (Å²) in [5.74, 6) is 1.92. The Balaban J connectivity index is 2.06. The molecule has 0 fully saturated rings. The highest BCUT2D eigenvalue weighted by Crippen LogP contribution is 2.29. The van der Waals surface area contributed by atoms with E-state index < -0.39 is 0 Å². The molecule has 1 heterocycles. The maximum Gasteiger partial charge on any atom is 0.141 e. The molecule has 0 aliphatic rings. The van der Waals surface area contributed by atoms with E-state index in [1.165, 1.54) is 42.3 Å². The lowest BCUT2D eigenvalue weighted by atomic mass is 10.1. The van der Waals surface area contributed by atoms with Crippen molar-refractivity contribution >= 4 is 11.0 Å². The molecule has 0 radical (unpaired) electrons. The quantitative estimate of drug-likeness (QED) is 0.529. The zero-order valence-corrected chi connectivity index (χ0v) is 14.9. The molecule has 3 heteroatoms. The van der Waals surface area contributed by atoms with Gasteiger partial charge in [0.15, 0.2) is 0 Å². The van der Waals surface area contributed by atoms with E-state index >= 15 is 0 Å². The van der Waals surface area contributed by atoms with E-state index in [2.05, 4.69) is 48.7 Å². The smallest absolute Gasteiger partial charge is 0.141 e. The van der Waals surface area contributed by atoms with Crippen LogP contribution in [0.5, 0.6) is 5.75 Å². The fourth-order valence-electron chi connectivity index (χ4n) is 3.19. The SMILES string of the molecule is CCCCCCn1c(-c2ccccc2C)nc2cc(OC)ccc21. The molecule has 2 aromatic carbocycles. The maximum absolute atomic E-state index is 5.36. The van der Waals surface area contributed by atoms with E-state index in [-0.39, 0.29) is 0 Å². The molecule has 0 atom stereocenters. The molecule has 0 N–H and O–H groups in total. The van der Waals surface area contributed by atoms with Gasteiger partial charge in [-0.05, 0) is 31.0 Å². The van der Waals surface area contributed by atoms with E-state index in [0.717, 1.165) is 23.6 Å². The fraction of sp³-hybridized carbons (Fsp3) is 0.381. The lowest BCUT2D eigenvalue weighted by Crippen LogP contribution is -2.02. The normalized spacial score (nSPS) is 11.1. The monoisotopic (exact) mass is 322 g/mol. The van der Waals surface area contributed by atoms with E-state index in [1.54, 1.807) is 7.11 Å². The minimum atomic E-state index is 0.856. The second kappa shape index (κ2) is 7.52. The van der Waals surface area contributed by atoms with Crippen molar-refractivity contribution in [2.45, 2.75) is 46.1 Å². The van der Waals surface area contributed by atoms with Gasteiger partial charge >= 0.3 is 0 Å². The summed E-state index contributed by atoms with van der Waals surface area (Å²) in [6, 6.07) is 14.7. The molecule has 1 aromatic heterocycles. The Labute approximate surface area is 144 Å². The van der Waals surface area contributed by atoms with Crippen molar-refractivity contribution in [1.29, 1.82) is 0 Å². The first kappa shape index (κ1) is 16.6. The maximum atomic E-state index is 5.36. The lowest BCUT2D eigenvalue weighted by Gasteiger charge is -2.11. The summed E-state index contributed by atoms with van der Waals surface area (Å²) in [7, 11) is 1.70. The lowest BCUT2D eigenvalue weighted by molar-refractivity contribution is 0.415. The van der Waals surface area contributed by atoms with Crippen molar-refractivity contribution < 1.29 is 4.74 Å². The zero-order valence-electron chi connectivity index (χ0n) is 14.9. The number of aromatic nitrogens is 2. The van der Waals surface area contributed by atoms with Crippen molar-refractivity contribution in [1.82, 2.24) is 9.55 Å². The summed E-state index contributed by atoms with van der Waals surface area (Å²) >= 11 is 0. The van der Waals surface area contributed by atoms with Crippen LogP contribution in [0.3, 0.4) is 0 Å². The highest BCUT2D eigenvalue weighted by atomic mass is 16.5. The molecule has 3 nitrogen and oxygen atoms in total. The van der Waals surface area contributed by atoms with Crippen LogP contribution in [0.2, 0.25) is 0 Å². The number of aryl methyl sites for hydroxylation is 2. The van der Waals surface area contributed by atoms with Crippen LogP contribution >= 0.6 is 0 Å². The summed E-state index contributed by atoms with van der Waals surface area (Å²) in [5.41, 5.74) is 4.66. The first-order valence-corrected chi connectivity index (χ1v) is 8.85. The number of benzene rings is 2. The molecule has 0 spiro atoms. The Morgan fingerprint density at radius 3 is 2.62 bits per heavy atom. The molecular formula is C21H26N2O. The number of imidazole rings is 1. The van der Waals surface area contributed by atoms with E-state index in [1.807, 2.05) is 12.1 Å². The topological polar surface area (TPSA) is 27.1 Å². The number of hydrogen-bond acceptors (Lipinski definition) is 2. The molecule has 0 aliphatic heterocycles. The third-order valence-electron chi connectivity index (χ3n) is 4.58. The summed E-state index contributed by atoms with van der Waals surface area (Å²) in [4.78, 5) is 4.93. The van der Waals surface area contributed by atoms with Gasteiger partial charge in [-0.2, -0.15) is 0 Å². The Kier molecular flexibility index (Phi) is 5.19. The van der Waals surface area contributed by atoms with Gasteiger partial charge in [0.1, 0.15) is 11.6 Å². The average Bonchev–Trinajstić information content (AvgIpc) is 2.96. The van der Waals surface area contributed by atoms with Crippen LogP contribution in [0.15, 0.2) is 42.5 Å². The fourth-order valence-corrected chi connectivity index (χ4v) is 3.19. The standard InChI is InChI=1S/C21H26N2O/c1-4-5-6-9-14-23-20-13-12-17(24-3)15-19(20)22-21(23)18-11-8-7-10-16(18)2/h7-8,10-13,15H,4-6,9,14H2,1-3H3. The molecule has 0 bridgehead atoms. The Morgan fingerprint density at radius 1 is 1.04 bits per heavy atom. The van der Waals surface area contributed by atoms with Gasteiger partial charge in [0.2, 0.25) is 0 Å². The second-order valence-corrected chi connectivity index (χ2v) is 6.32. The largest absolute Gasteiger partial charge is 0.497 e. The van der Waals surface area contributed by atoms with Gasteiger partial charge in [0.05, 0.1) is 18.1 Å². The molecule has 0 aliphatic carbocycles. The minimum absolute atomic E-state index is 0.856. The summed E-state index contributed by atoms with van der Waals surface area (Å²) in [5, 5.41) is 0.